The maximum Gasteiger partial charge on any atom is 0.233 e. The van der Waals surface area contributed by atoms with Crippen molar-refractivity contribution in [2.75, 3.05) is 6.54 Å². The van der Waals surface area contributed by atoms with Gasteiger partial charge in [-0.15, -0.1) is 0 Å². The lowest BCUT2D eigenvalue weighted by Gasteiger charge is -2.07. The second-order valence-corrected chi connectivity index (χ2v) is 4.10. The summed E-state index contributed by atoms with van der Waals surface area (Å²) in [6.45, 7) is 2.58. The van der Waals surface area contributed by atoms with Crippen LogP contribution >= 0.6 is 15.9 Å². The van der Waals surface area contributed by atoms with Crippen LogP contribution in [0.3, 0.4) is 0 Å². The number of hydrogen-bond donors (Lipinski definition) is 1. The van der Waals surface area contributed by atoms with Crippen molar-refractivity contribution >= 4 is 21.8 Å². The number of hydrogen-bond acceptors (Lipinski definition) is 2. The summed E-state index contributed by atoms with van der Waals surface area (Å²) in [6, 6.07) is 3.74. The summed E-state index contributed by atoms with van der Waals surface area (Å²) in [4.78, 5) is 11.2. The Morgan fingerprint density at radius 3 is 3.07 bits per heavy atom. The Morgan fingerprint density at radius 2 is 2.50 bits per heavy atom. The molecule has 1 atom stereocenters. The Labute approximate surface area is 92.0 Å². The number of furan rings is 1. The summed E-state index contributed by atoms with van der Waals surface area (Å²) < 4.78 is 5.14. The van der Waals surface area contributed by atoms with E-state index < -0.39 is 0 Å². The fraction of sp³-hybridized carbons (Fsp3) is 0.500. The van der Waals surface area contributed by atoms with E-state index in [-0.39, 0.29) is 10.7 Å². The molecule has 1 heterocycles. The van der Waals surface area contributed by atoms with Gasteiger partial charge in [0, 0.05) is 13.0 Å². The Kier molecular flexibility index (Phi) is 4.73. The molecular formula is C10H14BrNO2. The number of carbonyl (C=O) groups is 1. The average Bonchev–Trinajstić information content (AvgIpc) is 2.69. The number of alkyl halides is 1. The first-order chi connectivity index (χ1) is 6.74. The Morgan fingerprint density at radius 1 is 1.71 bits per heavy atom. The second kappa shape index (κ2) is 5.86. The monoisotopic (exact) mass is 259 g/mol. The molecular weight excluding hydrogens is 246 g/mol. The van der Waals surface area contributed by atoms with Gasteiger partial charge < -0.3 is 9.73 Å². The highest BCUT2D eigenvalue weighted by molar-refractivity contribution is 9.10. The van der Waals surface area contributed by atoms with Gasteiger partial charge in [0.05, 0.1) is 11.1 Å². The van der Waals surface area contributed by atoms with E-state index in [1.54, 1.807) is 6.26 Å². The van der Waals surface area contributed by atoms with Crippen LogP contribution in [0.15, 0.2) is 22.8 Å². The van der Waals surface area contributed by atoms with Crippen LogP contribution in [0.2, 0.25) is 0 Å². The molecule has 0 aliphatic rings. The molecule has 78 valence electrons. The minimum Gasteiger partial charge on any atom is -0.469 e. The minimum absolute atomic E-state index is 0.0408. The summed E-state index contributed by atoms with van der Waals surface area (Å²) in [5, 5.41) is 2.83. The third-order valence-corrected chi connectivity index (χ3v) is 2.96. The zero-order chi connectivity index (χ0) is 10.4. The third kappa shape index (κ3) is 3.54. The summed E-state index contributed by atoms with van der Waals surface area (Å²) in [7, 11) is 0. The second-order valence-electron chi connectivity index (χ2n) is 3.00. The van der Waals surface area contributed by atoms with E-state index in [9.17, 15) is 4.79 Å². The van der Waals surface area contributed by atoms with E-state index in [1.807, 2.05) is 19.1 Å². The standard InChI is InChI=1S/C10H14BrNO2/c1-2-9(11)10(13)12-6-5-8-4-3-7-14-8/h3-4,7,9H,2,5-6H2,1H3,(H,12,13). The molecule has 1 rings (SSSR count). The molecule has 0 saturated carbocycles. The molecule has 0 aliphatic heterocycles. The molecule has 1 aromatic rings. The molecule has 0 aromatic carbocycles. The van der Waals surface area contributed by atoms with E-state index in [1.165, 1.54) is 0 Å². The zero-order valence-corrected chi connectivity index (χ0v) is 9.71. The molecule has 14 heavy (non-hydrogen) atoms. The van der Waals surface area contributed by atoms with Crippen LogP contribution in [-0.2, 0) is 11.2 Å². The summed E-state index contributed by atoms with van der Waals surface area (Å²) >= 11 is 3.29. The molecule has 4 heteroatoms. The molecule has 3 nitrogen and oxygen atoms in total. The lowest BCUT2D eigenvalue weighted by atomic mass is 10.3. The molecule has 1 unspecified atom stereocenters. The van der Waals surface area contributed by atoms with Crippen molar-refractivity contribution in [1.82, 2.24) is 5.32 Å². The molecule has 1 N–H and O–H groups in total. The summed E-state index contributed by atoms with van der Waals surface area (Å²) in [6.07, 6.45) is 3.17. The first kappa shape index (κ1) is 11.3. The van der Waals surface area contributed by atoms with Gasteiger partial charge in [0.2, 0.25) is 5.91 Å². The van der Waals surface area contributed by atoms with E-state index in [0.717, 1.165) is 18.6 Å². The van der Waals surface area contributed by atoms with Crippen LogP contribution in [0.1, 0.15) is 19.1 Å². The first-order valence-corrected chi connectivity index (χ1v) is 5.59. The van der Waals surface area contributed by atoms with E-state index in [2.05, 4.69) is 21.2 Å². The van der Waals surface area contributed by atoms with E-state index in [0.29, 0.717) is 6.54 Å². The number of halogens is 1. The molecule has 0 aliphatic carbocycles. The maximum atomic E-state index is 11.3. The van der Waals surface area contributed by atoms with Gasteiger partial charge in [-0.1, -0.05) is 22.9 Å². The predicted octanol–water partition coefficient (Wildman–Crippen LogP) is 2.11. The van der Waals surface area contributed by atoms with E-state index in [4.69, 9.17) is 4.42 Å². The fourth-order valence-corrected chi connectivity index (χ4v) is 1.22. The summed E-state index contributed by atoms with van der Waals surface area (Å²) in [5.41, 5.74) is 0. The Bertz CT molecular complexity index is 272. The highest BCUT2D eigenvalue weighted by Gasteiger charge is 2.10. The van der Waals surface area contributed by atoms with Crippen LogP contribution in [0, 0.1) is 0 Å². The van der Waals surface area contributed by atoms with Gasteiger partial charge in [0.25, 0.3) is 0 Å². The van der Waals surface area contributed by atoms with Crippen LogP contribution < -0.4 is 5.32 Å². The number of rotatable bonds is 5. The van der Waals surface area contributed by atoms with Crippen molar-refractivity contribution in [2.45, 2.75) is 24.6 Å². The number of nitrogens with one attached hydrogen (secondary N) is 1. The third-order valence-electron chi connectivity index (χ3n) is 1.89. The van der Waals surface area contributed by atoms with Gasteiger partial charge in [0.1, 0.15) is 5.76 Å². The Hall–Kier alpha value is -0.770. The van der Waals surface area contributed by atoms with Crippen molar-refractivity contribution in [1.29, 1.82) is 0 Å². The lowest BCUT2D eigenvalue weighted by Crippen LogP contribution is -2.32. The predicted molar refractivity (Wildman–Crippen MR) is 58.4 cm³/mol. The van der Waals surface area contributed by atoms with Crippen molar-refractivity contribution in [3.63, 3.8) is 0 Å². The number of amides is 1. The van der Waals surface area contributed by atoms with Gasteiger partial charge in [-0.05, 0) is 18.6 Å². The van der Waals surface area contributed by atoms with Crippen LogP contribution in [0.4, 0.5) is 0 Å². The van der Waals surface area contributed by atoms with Gasteiger partial charge in [-0.2, -0.15) is 0 Å². The average molecular weight is 260 g/mol. The van der Waals surface area contributed by atoms with Crippen molar-refractivity contribution in [2.24, 2.45) is 0 Å². The van der Waals surface area contributed by atoms with Crippen molar-refractivity contribution in [3.05, 3.63) is 24.2 Å². The normalized spacial score (nSPS) is 12.4. The number of carbonyl (C=O) groups excluding carboxylic acids is 1. The SMILES string of the molecule is CCC(Br)C(=O)NCCc1ccco1. The van der Waals surface area contributed by atoms with Crippen LogP contribution in [-0.4, -0.2) is 17.3 Å². The molecule has 1 amide bonds. The largest absolute Gasteiger partial charge is 0.469 e. The topological polar surface area (TPSA) is 42.2 Å². The van der Waals surface area contributed by atoms with Gasteiger partial charge >= 0.3 is 0 Å². The highest BCUT2D eigenvalue weighted by atomic mass is 79.9. The molecule has 0 fully saturated rings. The van der Waals surface area contributed by atoms with Gasteiger partial charge in [-0.25, -0.2) is 0 Å². The first-order valence-electron chi connectivity index (χ1n) is 4.68. The molecule has 0 radical (unpaired) electrons. The fourth-order valence-electron chi connectivity index (χ4n) is 1.06. The lowest BCUT2D eigenvalue weighted by molar-refractivity contribution is -0.120. The summed E-state index contributed by atoms with van der Waals surface area (Å²) in [5.74, 6) is 0.937. The smallest absolute Gasteiger partial charge is 0.233 e. The minimum atomic E-state index is -0.0842. The van der Waals surface area contributed by atoms with Crippen molar-refractivity contribution < 1.29 is 9.21 Å². The van der Waals surface area contributed by atoms with Gasteiger partial charge in [-0.3, -0.25) is 4.79 Å². The quantitative estimate of drug-likeness (QED) is 0.824. The van der Waals surface area contributed by atoms with Crippen LogP contribution in [0.25, 0.3) is 0 Å². The molecule has 1 aromatic heterocycles. The maximum absolute atomic E-state index is 11.3. The van der Waals surface area contributed by atoms with E-state index >= 15 is 0 Å². The molecule has 0 saturated heterocycles. The molecule has 0 bridgehead atoms. The van der Waals surface area contributed by atoms with Crippen LogP contribution in [0.5, 0.6) is 0 Å². The highest BCUT2D eigenvalue weighted by Crippen LogP contribution is 2.04. The van der Waals surface area contributed by atoms with Gasteiger partial charge in [0.15, 0.2) is 0 Å². The zero-order valence-electron chi connectivity index (χ0n) is 8.13. The molecule has 0 spiro atoms. The Balaban J connectivity index is 2.18. The van der Waals surface area contributed by atoms with Crippen molar-refractivity contribution in [3.8, 4) is 0 Å².